The number of nitrogens with zero attached hydrogens (tertiary/aromatic N) is 1. The van der Waals surface area contributed by atoms with Crippen LogP contribution >= 0.6 is 0 Å². The molecule has 1 aromatic carbocycles. The number of ether oxygens (including phenoxy) is 1. The molecule has 0 aliphatic rings. The molecule has 4 heteroatoms. The van der Waals surface area contributed by atoms with Gasteiger partial charge in [-0.2, -0.15) is 0 Å². The first-order chi connectivity index (χ1) is 8.69. The van der Waals surface area contributed by atoms with Crippen molar-refractivity contribution in [3.8, 4) is 5.75 Å². The van der Waals surface area contributed by atoms with Crippen molar-refractivity contribution in [2.45, 2.75) is 19.9 Å². The van der Waals surface area contributed by atoms with Crippen LogP contribution in [-0.2, 0) is 0 Å². The van der Waals surface area contributed by atoms with Gasteiger partial charge in [-0.05, 0) is 33.0 Å². The molecule has 1 atom stereocenters. The summed E-state index contributed by atoms with van der Waals surface area (Å²) in [6.45, 7) is 5.83. The normalized spacial score (nSPS) is 12.3. The highest BCUT2D eigenvalue weighted by molar-refractivity contribution is 5.60. The number of aliphatic hydroxyl groups excluding tert-OH is 1. The topological polar surface area (TPSA) is 44.7 Å². The lowest BCUT2D eigenvalue weighted by Gasteiger charge is -2.28. The predicted octanol–water partition coefficient (Wildman–Crippen LogP) is 1.79. The first kappa shape index (κ1) is 14.8. The van der Waals surface area contributed by atoms with E-state index in [0.29, 0.717) is 6.54 Å². The van der Waals surface area contributed by atoms with E-state index in [1.165, 1.54) is 0 Å². The zero-order valence-corrected chi connectivity index (χ0v) is 11.7. The van der Waals surface area contributed by atoms with E-state index in [2.05, 4.69) is 30.1 Å². The van der Waals surface area contributed by atoms with E-state index in [0.717, 1.165) is 23.5 Å². The van der Waals surface area contributed by atoms with Gasteiger partial charge in [0.2, 0.25) is 0 Å². The molecule has 0 fully saturated rings. The van der Waals surface area contributed by atoms with Crippen LogP contribution in [0.5, 0.6) is 5.75 Å². The lowest BCUT2D eigenvalue weighted by molar-refractivity contribution is 0.302. The van der Waals surface area contributed by atoms with Gasteiger partial charge in [-0.25, -0.2) is 0 Å². The molecule has 0 radical (unpaired) electrons. The van der Waals surface area contributed by atoms with E-state index >= 15 is 0 Å². The molecule has 1 unspecified atom stereocenters. The fourth-order valence-corrected chi connectivity index (χ4v) is 2.14. The van der Waals surface area contributed by atoms with Gasteiger partial charge in [0.1, 0.15) is 5.75 Å². The van der Waals surface area contributed by atoms with Crippen molar-refractivity contribution < 1.29 is 9.84 Å². The molecule has 102 valence electrons. The molecule has 0 aliphatic carbocycles. The molecule has 0 bridgehead atoms. The molecule has 4 nitrogen and oxygen atoms in total. The Morgan fingerprint density at radius 2 is 2.17 bits per heavy atom. The molecule has 0 heterocycles. The van der Waals surface area contributed by atoms with Crippen LogP contribution in [0, 0.1) is 0 Å². The number of hydrogen-bond donors (Lipinski definition) is 2. The highest BCUT2D eigenvalue weighted by Gasteiger charge is 2.18. The van der Waals surface area contributed by atoms with Crippen molar-refractivity contribution in [1.29, 1.82) is 0 Å². The van der Waals surface area contributed by atoms with Gasteiger partial charge in [0.05, 0.1) is 13.7 Å². The van der Waals surface area contributed by atoms with Crippen molar-refractivity contribution in [3.05, 3.63) is 23.8 Å². The number of aliphatic hydroxyl groups is 1. The van der Waals surface area contributed by atoms with Gasteiger partial charge in [0.25, 0.3) is 0 Å². The summed E-state index contributed by atoms with van der Waals surface area (Å²) in [7, 11) is 3.62. The Bertz CT molecular complexity index is 369. The number of methoxy groups -OCH3 is 1. The molecule has 0 saturated heterocycles. The van der Waals surface area contributed by atoms with Crippen LogP contribution in [0.4, 0.5) is 5.69 Å². The fraction of sp³-hybridized carbons (Fsp3) is 0.571. The second-order valence-electron chi connectivity index (χ2n) is 4.21. The summed E-state index contributed by atoms with van der Waals surface area (Å²) in [5.74, 6) is 0.880. The highest BCUT2D eigenvalue weighted by atomic mass is 16.5. The van der Waals surface area contributed by atoms with Gasteiger partial charge in [0, 0.05) is 30.4 Å². The molecule has 0 aliphatic heterocycles. The summed E-state index contributed by atoms with van der Waals surface area (Å²) in [6, 6.07) is 6.23. The number of benzene rings is 1. The van der Waals surface area contributed by atoms with E-state index in [-0.39, 0.29) is 12.6 Å². The lowest BCUT2D eigenvalue weighted by Crippen LogP contribution is -2.28. The SMILES string of the molecule is CCN(CCO)c1cccc(OC)c1C(C)NC. The smallest absolute Gasteiger partial charge is 0.125 e. The van der Waals surface area contributed by atoms with E-state index in [4.69, 9.17) is 9.84 Å². The van der Waals surface area contributed by atoms with Crippen molar-refractivity contribution in [2.75, 3.05) is 38.8 Å². The van der Waals surface area contributed by atoms with Crippen LogP contribution in [0.25, 0.3) is 0 Å². The van der Waals surface area contributed by atoms with Crippen molar-refractivity contribution in [1.82, 2.24) is 5.32 Å². The molecule has 0 amide bonds. The molecular weight excluding hydrogens is 228 g/mol. The number of likely N-dealkylation sites (N-methyl/N-ethyl adjacent to an activating group) is 1. The Labute approximate surface area is 110 Å². The number of hydrogen-bond acceptors (Lipinski definition) is 4. The zero-order chi connectivity index (χ0) is 13.5. The molecular formula is C14H24N2O2. The van der Waals surface area contributed by atoms with E-state index in [1.54, 1.807) is 7.11 Å². The summed E-state index contributed by atoms with van der Waals surface area (Å²) < 4.78 is 5.45. The molecule has 2 N–H and O–H groups in total. The van der Waals surface area contributed by atoms with Gasteiger partial charge >= 0.3 is 0 Å². The van der Waals surface area contributed by atoms with E-state index in [1.807, 2.05) is 19.2 Å². The average Bonchev–Trinajstić information content (AvgIpc) is 2.43. The van der Waals surface area contributed by atoms with Crippen LogP contribution in [0.15, 0.2) is 18.2 Å². The summed E-state index contributed by atoms with van der Waals surface area (Å²) in [5.41, 5.74) is 2.26. The van der Waals surface area contributed by atoms with Gasteiger partial charge in [-0.3, -0.25) is 0 Å². The van der Waals surface area contributed by atoms with Crippen molar-refractivity contribution >= 4 is 5.69 Å². The molecule has 1 rings (SSSR count). The lowest BCUT2D eigenvalue weighted by atomic mass is 10.0. The Balaban J connectivity index is 3.23. The van der Waals surface area contributed by atoms with E-state index in [9.17, 15) is 0 Å². The third-order valence-corrected chi connectivity index (χ3v) is 3.22. The first-order valence-corrected chi connectivity index (χ1v) is 6.39. The molecule has 0 saturated carbocycles. The minimum atomic E-state index is 0.151. The second kappa shape index (κ2) is 7.24. The third-order valence-electron chi connectivity index (χ3n) is 3.22. The Morgan fingerprint density at radius 1 is 1.44 bits per heavy atom. The van der Waals surface area contributed by atoms with Gasteiger partial charge in [-0.15, -0.1) is 0 Å². The third kappa shape index (κ3) is 3.15. The van der Waals surface area contributed by atoms with Crippen molar-refractivity contribution in [3.63, 3.8) is 0 Å². The highest BCUT2D eigenvalue weighted by Crippen LogP contribution is 2.34. The minimum Gasteiger partial charge on any atom is -0.496 e. The van der Waals surface area contributed by atoms with Crippen LogP contribution in [0.3, 0.4) is 0 Å². The fourth-order valence-electron chi connectivity index (χ4n) is 2.14. The molecule has 0 aromatic heterocycles. The maximum Gasteiger partial charge on any atom is 0.125 e. The quantitative estimate of drug-likeness (QED) is 0.776. The summed E-state index contributed by atoms with van der Waals surface area (Å²) >= 11 is 0. The number of nitrogens with one attached hydrogen (secondary N) is 1. The van der Waals surface area contributed by atoms with Gasteiger partial charge in [0.15, 0.2) is 0 Å². The first-order valence-electron chi connectivity index (χ1n) is 6.39. The molecule has 18 heavy (non-hydrogen) atoms. The van der Waals surface area contributed by atoms with Crippen LogP contribution in [0.1, 0.15) is 25.5 Å². The summed E-state index contributed by atoms with van der Waals surface area (Å²) in [5, 5.41) is 12.4. The van der Waals surface area contributed by atoms with Crippen LogP contribution < -0.4 is 15.0 Å². The Morgan fingerprint density at radius 3 is 2.67 bits per heavy atom. The standard InChI is InChI=1S/C14H24N2O2/c1-5-16(9-10-17)12-7-6-8-13(18-4)14(12)11(2)15-3/h6-8,11,15,17H,5,9-10H2,1-4H3. The van der Waals surface area contributed by atoms with Crippen LogP contribution in [0.2, 0.25) is 0 Å². The number of anilines is 1. The monoisotopic (exact) mass is 252 g/mol. The predicted molar refractivity (Wildman–Crippen MR) is 75.4 cm³/mol. The van der Waals surface area contributed by atoms with Crippen LogP contribution in [-0.4, -0.2) is 39.0 Å². The maximum absolute atomic E-state index is 9.15. The number of rotatable bonds is 7. The Kier molecular flexibility index (Phi) is 5.95. The minimum absolute atomic E-state index is 0.151. The average molecular weight is 252 g/mol. The van der Waals surface area contributed by atoms with Gasteiger partial charge < -0.3 is 20.1 Å². The second-order valence-corrected chi connectivity index (χ2v) is 4.21. The van der Waals surface area contributed by atoms with Crippen molar-refractivity contribution in [2.24, 2.45) is 0 Å². The van der Waals surface area contributed by atoms with Gasteiger partial charge in [-0.1, -0.05) is 6.07 Å². The summed E-state index contributed by atoms with van der Waals surface area (Å²) in [4.78, 5) is 2.16. The largest absolute Gasteiger partial charge is 0.496 e. The zero-order valence-electron chi connectivity index (χ0n) is 11.7. The summed E-state index contributed by atoms with van der Waals surface area (Å²) in [6.07, 6.45) is 0. The van der Waals surface area contributed by atoms with E-state index < -0.39 is 0 Å². The molecule has 1 aromatic rings. The molecule has 0 spiro atoms. The maximum atomic E-state index is 9.15. The Hall–Kier alpha value is -1.26.